The Hall–Kier alpha value is -2.42. The first-order chi connectivity index (χ1) is 10.2. The highest BCUT2D eigenvalue weighted by Crippen LogP contribution is 2.17. The summed E-state index contributed by atoms with van der Waals surface area (Å²) in [6.45, 7) is 2.07. The van der Waals surface area contributed by atoms with Crippen molar-refractivity contribution < 1.29 is 4.79 Å². The lowest BCUT2D eigenvalue weighted by molar-refractivity contribution is 0.0991. The van der Waals surface area contributed by atoms with Crippen LogP contribution in [0.15, 0.2) is 48.5 Å². The first kappa shape index (κ1) is 13.6. The van der Waals surface area contributed by atoms with E-state index in [9.17, 15) is 4.79 Å². The molecule has 0 radical (unpaired) electrons. The van der Waals surface area contributed by atoms with E-state index in [4.69, 9.17) is 0 Å². The molecule has 0 amide bonds. The van der Waals surface area contributed by atoms with Gasteiger partial charge in [-0.05, 0) is 29.3 Å². The van der Waals surface area contributed by atoms with Gasteiger partial charge in [0, 0.05) is 18.3 Å². The summed E-state index contributed by atoms with van der Waals surface area (Å²) in [5, 5.41) is 6.65. The van der Waals surface area contributed by atoms with Crippen LogP contribution < -0.4 is 0 Å². The number of hydrogen-bond acceptors (Lipinski definition) is 2. The van der Waals surface area contributed by atoms with Gasteiger partial charge in [-0.15, -0.1) is 0 Å². The van der Waals surface area contributed by atoms with Crippen LogP contribution in [0, 0.1) is 0 Å². The molecule has 3 nitrogen and oxygen atoms in total. The summed E-state index contributed by atoms with van der Waals surface area (Å²) in [5.41, 5.74) is 2.75. The Bertz CT molecular complexity index is 802. The molecule has 0 saturated carbocycles. The molecule has 0 N–H and O–H groups in total. The number of carbonyl (C=O) groups is 1. The van der Waals surface area contributed by atoms with E-state index < -0.39 is 0 Å². The minimum Gasteiger partial charge on any atom is -0.294 e. The Labute approximate surface area is 124 Å². The summed E-state index contributed by atoms with van der Waals surface area (Å²) in [4.78, 5) is 12.5. The molecule has 0 saturated heterocycles. The number of aromatic nitrogens is 2. The molecule has 0 spiro atoms. The summed E-state index contributed by atoms with van der Waals surface area (Å²) in [5.74, 6) is 0.131. The third kappa shape index (κ3) is 2.72. The predicted octanol–water partition coefficient (Wildman–Crippen LogP) is 3.56. The fraction of sp³-hybridized carbons (Fsp3) is 0.222. The molecule has 0 aliphatic carbocycles. The molecule has 106 valence electrons. The maximum atomic E-state index is 12.5. The first-order valence-corrected chi connectivity index (χ1v) is 7.21. The Morgan fingerprint density at radius 2 is 1.86 bits per heavy atom. The number of fused-ring (bicyclic) bond motifs is 1. The highest BCUT2D eigenvalue weighted by molar-refractivity contribution is 6.00. The Morgan fingerprint density at radius 1 is 1.10 bits per heavy atom. The summed E-state index contributed by atoms with van der Waals surface area (Å²) < 4.78 is 1.80. The molecule has 1 heterocycles. The van der Waals surface area contributed by atoms with Gasteiger partial charge in [0.2, 0.25) is 0 Å². The van der Waals surface area contributed by atoms with Gasteiger partial charge in [0.25, 0.3) is 0 Å². The minimum absolute atomic E-state index is 0.131. The third-order valence-corrected chi connectivity index (χ3v) is 3.80. The lowest BCUT2D eigenvalue weighted by Crippen LogP contribution is -2.07. The predicted molar refractivity (Wildman–Crippen MR) is 84.6 cm³/mol. The zero-order valence-corrected chi connectivity index (χ0v) is 12.3. The molecule has 3 rings (SSSR count). The van der Waals surface area contributed by atoms with Crippen molar-refractivity contribution in [1.82, 2.24) is 9.78 Å². The minimum atomic E-state index is 0.131. The van der Waals surface area contributed by atoms with Gasteiger partial charge in [0.05, 0.1) is 12.1 Å². The maximum absolute atomic E-state index is 12.5. The molecule has 0 fully saturated rings. The second-order valence-electron chi connectivity index (χ2n) is 5.27. The second kappa shape index (κ2) is 5.52. The number of aryl methyl sites for hydroxylation is 2. The molecule has 0 bridgehead atoms. The van der Waals surface area contributed by atoms with Crippen molar-refractivity contribution in [2.24, 2.45) is 7.05 Å². The van der Waals surface area contributed by atoms with E-state index in [2.05, 4.69) is 18.1 Å². The van der Waals surface area contributed by atoms with Crippen molar-refractivity contribution in [2.75, 3.05) is 0 Å². The Morgan fingerprint density at radius 3 is 2.57 bits per heavy atom. The number of benzene rings is 2. The molecule has 0 atom stereocenters. The van der Waals surface area contributed by atoms with Gasteiger partial charge in [-0.2, -0.15) is 5.10 Å². The van der Waals surface area contributed by atoms with Crippen molar-refractivity contribution in [3.05, 3.63) is 65.5 Å². The van der Waals surface area contributed by atoms with Gasteiger partial charge < -0.3 is 0 Å². The van der Waals surface area contributed by atoms with Crippen LogP contribution in [0.1, 0.15) is 28.7 Å². The maximum Gasteiger partial charge on any atom is 0.168 e. The molecule has 3 heteroatoms. The van der Waals surface area contributed by atoms with Gasteiger partial charge in [0.1, 0.15) is 0 Å². The van der Waals surface area contributed by atoms with Crippen LogP contribution in [0.5, 0.6) is 0 Å². The van der Waals surface area contributed by atoms with Crippen LogP contribution in [-0.4, -0.2) is 15.6 Å². The molecule has 21 heavy (non-hydrogen) atoms. The second-order valence-corrected chi connectivity index (χ2v) is 5.27. The van der Waals surface area contributed by atoms with Crippen LogP contribution in [0.2, 0.25) is 0 Å². The number of hydrogen-bond donors (Lipinski definition) is 0. The van der Waals surface area contributed by atoms with Gasteiger partial charge in [-0.3, -0.25) is 9.48 Å². The van der Waals surface area contributed by atoms with Crippen LogP contribution in [-0.2, 0) is 19.9 Å². The van der Waals surface area contributed by atoms with Crippen LogP contribution in [0.25, 0.3) is 10.8 Å². The van der Waals surface area contributed by atoms with Crippen molar-refractivity contribution in [2.45, 2.75) is 19.8 Å². The molecule has 1 aromatic heterocycles. The lowest BCUT2D eigenvalue weighted by Gasteiger charge is -2.04. The number of rotatable bonds is 4. The zero-order valence-electron chi connectivity index (χ0n) is 12.3. The average Bonchev–Trinajstić information content (AvgIpc) is 2.87. The number of Topliss-reactive ketones (excluding diaryl/α,β-unsaturated/α-hetero) is 1. The number of nitrogens with zero attached hydrogens (tertiary/aromatic N) is 2. The van der Waals surface area contributed by atoms with Crippen molar-refractivity contribution >= 4 is 16.6 Å². The standard InChI is InChI=1S/C18H18N2O/c1-3-16-11-17(20(2)19-16)12-18(21)15-9-8-13-6-4-5-7-14(13)10-15/h4-11H,3,12H2,1-2H3. The van der Waals surface area contributed by atoms with Gasteiger partial charge in [-0.25, -0.2) is 0 Å². The van der Waals surface area contributed by atoms with E-state index in [0.29, 0.717) is 6.42 Å². The third-order valence-electron chi connectivity index (χ3n) is 3.80. The summed E-state index contributed by atoms with van der Waals surface area (Å²) in [7, 11) is 1.89. The number of ketones is 1. The van der Waals surface area contributed by atoms with Gasteiger partial charge in [0.15, 0.2) is 5.78 Å². The van der Waals surface area contributed by atoms with Crippen LogP contribution in [0.4, 0.5) is 0 Å². The van der Waals surface area contributed by atoms with E-state index in [1.54, 1.807) is 4.68 Å². The topological polar surface area (TPSA) is 34.9 Å². The van der Waals surface area contributed by atoms with E-state index in [-0.39, 0.29) is 5.78 Å². The van der Waals surface area contributed by atoms with Crippen molar-refractivity contribution in [3.8, 4) is 0 Å². The van der Waals surface area contributed by atoms with E-state index >= 15 is 0 Å². The Balaban J connectivity index is 1.87. The summed E-state index contributed by atoms with van der Waals surface area (Å²) >= 11 is 0. The smallest absolute Gasteiger partial charge is 0.168 e. The zero-order chi connectivity index (χ0) is 14.8. The number of carbonyl (C=O) groups excluding carboxylic acids is 1. The molecular formula is C18H18N2O. The van der Waals surface area contributed by atoms with E-state index in [1.165, 1.54) is 0 Å². The Kier molecular flexibility index (Phi) is 3.57. The summed E-state index contributed by atoms with van der Waals surface area (Å²) in [6.07, 6.45) is 1.28. The molecule has 0 unspecified atom stereocenters. The summed E-state index contributed by atoms with van der Waals surface area (Å²) in [6, 6.07) is 16.0. The van der Waals surface area contributed by atoms with Crippen molar-refractivity contribution in [3.63, 3.8) is 0 Å². The van der Waals surface area contributed by atoms with Gasteiger partial charge in [-0.1, -0.05) is 43.3 Å². The first-order valence-electron chi connectivity index (χ1n) is 7.21. The quantitative estimate of drug-likeness (QED) is 0.684. The fourth-order valence-corrected chi connectivity index (χ4v) is 2.54. The molecular weight excluding hydrogens is 260 g/mol. The lowest BCUT2D eigenvalue weighted by atomic mass is 10.0. The van der Waals surface area contributed by atoms with E-state index in [1.807, 2.05) is 49.5 Å². The SMILES string of the molecule is CCc1cc(CC(=O)c2ccc3ccccc3c2)n(C)n1. The largest absolute Gasteiger partial charge is 0.294 e. The van der Waals surface area contributed by atoms with Crippen molar-refractivity contribution in [1.29, 1.82) is 0 Å². The molecule has 2 aromatic carbocycles. The monoisotopic (exact) mass is 278 g/mol. The van der Waals surface area contributed by atoms with Crippen LogP contribution in [0.3, 0.4) is 0 Å². The molecule has 0 aliphatic rings. The molecule has 3 aromatic rings. The highest BCUT2D eigenvalue weighted by Gasteiger charge is 2.11. The normalized spacial score (nSPS) is 11.0. The molecule has 0 aliphatic heterocycles. The fourth-order valence-electron chi connectivity index (χ4n) is 2.54. The van der Waals surface area contributed by atoms with Crippen LogP contribution >= 0.6 is 0 Å². The van der Waals surface area contributed by atoms with Gasteiger partial charge >= 0.3 is 0 Å². The average molecular weight is 278 g/mol. The highest BCUT2D eigenvalue weighted by atomic mass is 16.1. The van der Waals surface area contributed by atoms with E-state index in [0.717, 1.165) is 34.1 Å².